The summed E-state index contributed by atoms with van der Waals surface area (Å²) >= 11 is 4.82. The van der Waals surface area contributed by atoms with Gasteiger partial charge in [0.25, 0.3) is 5.69 Å². The Kier molecular flexibility index (Phi) is 5.14. The minimum atomic E-state index is -0.408. The van der Waals surface area contributed by atoms with Crippen LogP contribution in [0, 0.1) is 10.1 Å². The molecule has 4 nitrogen and oxygen atoms in total. The van der Waals surface area contributed by atoms with Crippen LogP contribution in [-0.4, -0.2) is 10.7 Å². The molecule has 0 radical (unpaired) electrons. The zero-order valence-electron chi connectivity index (χ0n) is 11.2. The maximum atomic E-state index is 11.4. The Hall–Kier alpha value is -1.66. The molecule has 0 saturated heterocycles. The van der Waals surface area contributed by atoms with E-state index in [1.54, 1.807) is 12.1 Å². The van der Waals surface area contributed by atoms with E-state index in [0.717, 1.165) is 10.5 Å². The molecule has 0 fully saturated rings. The Labute approximate surface area is 134 Å². The summed E-state index contributed by atoms with van der Waals surface area (Å²) in [6.45, 7) is 1.53. The number of rotatable bonds is 5. The van der Waals surface area contributed by atoms with E-state index in [9.17, 15) is 14.9 Å². The van der Waals surface area contributed by atoms with Crippen molar-refractivity contribution in [1.29, 1.82) is 0 Å². The van der Waals surface area contributed by atoms with E-state index in [4.69, 9.17) is 0 Å². The van der Waals surface area contributed by atoms with Gasteiger partial charge < -0.3 is 0 Å². The number of carbonyl (C=O) groups is 1. The molecule has 0 aliphatic rings. The number of ketones is 1. The van der Waals surface area contributed by atoms with E-state index < -0.39 is 4.92 Å². The highest BCUT2D eigenvalue weighted by Gasteiger charge is 2.14. The van der Waals surface area contributed by atoms with E-state index in [1.807, 2.05) is 24.3 Å². The van der Waals surface area contributed by atoms with Gasteiger partial charge in [0.15, 0.2) is 5.78 Å². The summed E-state index contributed by atoms with van der Waals surface area (Å²) in [5.74, 6) is 0.609. The van der Waals surface area contributed by atoms with Crippen molar-refractivity contribution in [2.45, 2.75) is 17.6 Å². The number of benzene rings is 2. The van der Waals surface area contributed by atoms with Crippen LogP contribution in [0.4, 0.5) is 5.69 Å². The van der Waals surface area contributed by atoms with Crippen molar-refractivity contribution < 1.29 is 9.72 Å². The number of halogens is 1. The van der Waals surface area contributed by atoms with E-state index >= 15 is 0 Å². The fourth-order valence-corrected chi connectivity index (χ4v) is 3.47. The summed E-state index contributed by atoms with van der Waals surface area (Å²) in [4.78, 5) is 22.8. The first-order valence-corrected chi connectivity index (χ1v) is 7.92. The molecule has 0 amide bonds. The highest BCUT2D eigenvalue weighted by molar-refractivity contribution is 9.10. The minimum Gasteiger partial charge on any atom is -0.295 e. The smallest absolute Gasteiger partial charge is 0.283 e. The van der Waals surface area contributed by atoms with Gasteiger partial charge in [-0.15, -0.1) is 11.8 Å². The van der Waals surface area contributed by atoms with Crippen molar-refractivity contribution >= 4 is 39.2 Å². The molecule has 0 spiro atoms. The number of thioether (sulfide) groups is 1. The van der Waals surface area contributed by atoms with Crippen molar-refractivity contribution in [3.63, 3.8) is 0 Å². The van der Waals surface area contributed by atoms with E-state index in [2.05, 4.69) is 15.9 Å². The monoisotopic (exact) mass is 365 g/mol. The molecule has 2 aromatic carbocycles. The summed E-state index contributed by atoms with van der Waals surface area (Å²) in [7, 11) is 0. The van der Waals surface area contributed by atoms with Crippen molar-refractivity contribution in [3.05, 3.63) is 68.2 Å². The largest absolute Gasteiger partial charge is 0.295 e. The van der Waals surface area contributed by atoms with Crippen LogP contribution in [-0.2, 0) is 5.75 Å². The summed E-state index contributed by atoms with van der Waals surface area (Å²) < 4.78 is 0.505. The lowest BCUT2D eigenvalue weighted by atomic mass is 10.2. The molecule has 0 N–H and O–H groups in total. The van der Waals surface area contributed by atoms with Crippen LogP contribution in [0.25, 0.3) is 0 Å². The first kappa shape index (κ1) is 15.7. The number of hydrogen-bond acceptors (Lipinski definition) is 4. The Morgan fingerprint density at radius 2 is 2.00 bits per heavy atom. The van der Waals surface area contributed by atoms with Gasteiger partial charge >= 0.3 is 0 Å². The third-order valence-corrected chi connectivity index (χ3v) is 4.85. The third kappa shape index (κ3) is 3.92. The minimum absolute atomic E-state index is 0.0222. The van der Waals surface area contributed by atoms with Crippen LogP contribution in [0.1, 0.15) is 22.8 Å². The first-order chi connectivity index (χ1) is 9.99. The van der Waals surface area contributed by atoms with Crippen molar-refractivity contribution in [2.75, 3.05) is 0 Å². The van der Waals surface area contributed by atoms with Gasteiger partial charge in [-0.1, -0.05) is 24.3 Å². The maximum Gasteiger partial charge on any atom is 0.283 e. The van der Waals surface area contributed by atoms with Crippen LogP contribution >= 0.6 is 27.7 Å². The van der Waals surface area contributed by atoms with Gasteiger partial charge in [-0.3, -0.25) is 14.9 Å². The average molecular weight is 366 g/mol. The highest BCUT2D eigenvalue weighted by atomic mass is 79.9. The molecule has 0 aromatic heterocycles. The molecule has 108 valence electrons. The Bertz CT molecular complexity index is 703. The quantitative estimate of drug-likeness (QED) is 0.328. The number of hydrogen-bond donors (Lipinski definition) is 0. The summed E-state index contributed by atoms with van der Waals surface area (Å²) in [6.07, 6.45) is 0. The standard InChI is InChI=1S/C15H12BrNO3S/c1-10(18)11-4-2-6-13(8-11)21-9-12-5-3-7-14(15(12)16)17(19)20/h2-8H,9H2,1H3. The Morgan fingerprint density at radius 3 is 2.67 bits per heavy atom. The molecule has 0 aliphatic carbocycles. The van der Waals surface area contributed by atoms with Gasteiger partial charge in [-0.25, -0.2) is 0 Å². The van der Waals surface area contributed by atoms with Crippen LogP contribution in [0.5, 0.6) is 0 Å². The zero-order valence-corrected chi connectivity index (χ0v) is 13.6. The molecule has 0 aliphatic heterocycles. The van der Waals surface area contributed by atoms with E-state index in [0.29, 0.717) is 15.8 Å². The average Bonchev–Trinajstić information content (AvgIpc) is 2.46. The van der Waals surface area contributed by atoms with Gasteiger partial charge in [0, 0.05) is 22.3 Å². The Morgan fingerprint density at radius 1 is 1.29 bits per heavy atom. The second-order valence-electron chi connectivity index (χ2n) is 4.38. The topological polar surface area (TPSA) is 60.2 Å². The number of nitrogens with zero attached hydrogens (tertiary/aromatic N) is 1. The lowest BCUT2D eigenvalue weighted by Gasteiger charge is -2.06. The zero-order chi connectivity index (χ0) is 15.4. The second kappa shape index (κ2) is 6.87. The highest BCUT2D eigenvalue weighted by Crippen LogP contribution is 2.32. The van der Waals surface area contributed by atoms with Crippen LogP contribution in [0.2, 0.25) is 0 Å². The molecule has 0 atom stereocenters. The number of nitro benzene ring substituents is 1. The SMILES string of the molecule is CC(=O)c1cccc(SCc2cccc([N+](=O)[O-])c2Br)c1. The lowest BCUT2D eigenvalue weighted by Crippen LogP contribution is -1.93. The molecule has 0 bridgehead atoms. The van der Waals surface area contributed by atoms with Gasteiger partial charge in [-0.2, -0.15) is 0 Å². The second-order valence-corrected chi connectivity index (χ2v) is 6.22. The summed E-state index contributed by atoms with van der Waals surface area (Å²) in [5.41, 5.74) is 1.58. The molecule has 2 rings (SSSR count). The van der Waals surface area contributed by atoms with E-state index in [1.165, 1.54) is 24.8 Å². The number of Topliss-reactive ketones (excluding diaryl/α,β-unsaturated/α-hetero) is 1. The van der Waals surface area contributed by atoms with Gasteiger partial charge in [-0.05, 0) is 40.5 Å². The van der Waals surface area contributed by atoms with Crippen molar-refractivity contribution in [3.8, 4) is 0 Å². The fraction of sp³-hybridized carbons (Fsp3) is 0.133. The Balaban J connectivity index is 2.17. The van der Waals surface area contributed by atoms with E-state index in [-0.39, 0.29) is 11.5 Å². The molecule has 6 heteroatoms. The van der Waals surface area contributed by atoms with Gasteiger partial charge in [0.1, 0.15) is 0 Å². The molecule has 0 unspecified atom stereocenters. The van der Waals surface area contributed by atoms with Crippen LogP contribution < -0.4 is 0 Å². The molecular weight excluding hydrogens is 354 g/mol. The first-order valence-electron chi connectivity index (χ1n) is 6.14. The van der Waals surface area contributed by atoms with Crippen LogP contribution in [0.15, 0.2) is 51.8 Å². The lowest BCUT2D eigenvalue weighted by molar-refractivity contribution is -0.385. The third-order valence-electron chi connectivity index (χ3n) is 2.89. The predicted molar refractivity (Wildman–Crippen MR) is 86.8 cm³/mol. The number of nitro groups is 1. The fourth-order valence-electron chi connectivity index (χ4n) is 1.78. The molecule has 0 heterocycles. The van der Waals surface area contributed by atoms with Gasteiger partial charge in [0.05, 0.1) is 9.40 Å². The normalized spacial score (nSPS) is 10.4. The molecular formula is C15H12BrNO3S. The van der Waals surface area contributed by atoms with Crippen molar-refractivity contribution in [1.82, 2.24) is 0 Å². The molecule has 2 aromatic rings. The summed E-state index contributed by atoms with van der Waals surface area (Å²) in [6, 6.07) is 12.3. The summed E-state index contributed by atoms with van der Waals surface area (Å²) in [5, 5.41) is 10.9. The molecule has 21 heavy (non-hydrogen) atoms. The van der Waals surface area contributed by atoms with Crippen molar-refractivity contribution in [2.24, 2.45) is 0 Å². The number of carbonyl (C=O) groups excluding carboxylic acids is 1. The predicted octanol–water partition coefficient (Wildman–Crippen LogP) is 4.85. The van der Waals surface area contributed by atoms with Gasteiger partial charge in [0.2, 0.25) is 0 Å². The van der Waals surface area contributed by atoms with Crippen LogP contribution in [0.3, 0.4) is 0 Å². The molecule has 0 saturated carbocycles. The maximum absolute atomic E-state index is 11.4.